The fourth-order valence-electron chi connectivity index (χ4n) is 2.31. The van der Waals surface area contributed by atoms with E-state index in [0.717, 1.165) is 5.52 Å². The molecule has 0 fully saturated rings. The molecule has 1 aromatic heterocycles. The summed E-state index contributed by atoms with van der Waals surface area (Å²) < 4.78 is 20.7. The molecular formula is C13H15Cl2FN2O. The van der Waals surface area contributed by atoms with Gasteiger partial charge in [-0.05, 0) is 19.9 Å². The summed E-state index contributed by atoms with van der Waals surface area (Å²) in [5.41, 5.74) is 0.945. The highest BCUT2D eigenvalue weighted by molar-refractivity contribution is 6.31. The molecule has 0 aliphatic carbocycles. The number of nitrogens with zero attached hydrogens (tertiary/aromatic N) is 2. The predicted molar refractivity (Wildman–Crippen MR) is 75.5 cm³/mol. The molecule has 0 saturated carbocycles. The molecule has 1 heterocycles. The van der Waals surface area contributed by atoms with E-state index in [1.165, 1.54) is 6.07 Å². The van der Waals surface area contributed by atoms with Crippen molar-refractivity contribution < 1.29 is 9.13 Å². The van der Waals surface area contributed by atoms with Gasteiger partial charge in [-0.3, -0.25) is 0 Å². The lowest BCUT2D eigenvalue weighted by Gasteiger charge is -2.28. The van der Waals surface area contributed by atoms with E-state index in [9.17, 15) is 4.39 Å². The van der Waals surface area contributed by atoms with Gasteiger partial charge in [-0.15, -0.1) is 11.6 Å². The second-order valence-electron chi connectivity index (χ2n) is 5.00. The summed E-state index contributed by atoms with van der Waals surface area (Å²) in [6.07, 6.45) is 0. The topological polar surface area (TPSA) is 27.1 Å². The second kappa shape index (κ2) is 5.27. The first-order valence-corrected chi connectivity index (χ1v) is 6.73. The van der Waals surface area contributed by atoms with Crippen LogP contribution in [0.25, 0.3) is 11.0 Å². The average Bonchev–Trinajstić information content (AvgIpc) is 2.68. The first kappa shape index (κ1) is 14.6. The molecule has 0 unspecified atom stereocenters. The lowest BCUT2D eigenvalue weighted by atomic mass is 10.1. The van der Waals surface area contributed by atoms with Crippen LogP contribution in [0.3, 0.4) is 0 Å². The van der Waals surface area contributed by atoms with Crippen LogP contribution in [0, 0.1) is 5.82 Å². The van der Waals surface area contributed by atoms with Gasteiger partial charge in [0.2, 0.25) is 0 Å². The number of aromatic nitrogens is 2. The molecule has 0 atom stereocenters. The molecule has 2 aromatic rings. The number of imidazole rings is 1. The Bertz CT molecular complexity index is 610. The van der Waals surface area contributed by atoms with Crippen molar-refractivity contribution in [2.45, 2.75) is 25.3 Å². The summed E-state index contributed by atoms with van der Waals surface area (Å²) >= 11 is 11.8. The first-order valence-electron chi connectivity index (χ1n) is 5.82. The molecule has 104 valence electrons. The van der Waals surface area contributed by atoms with E-state index in [-0.39, 0.29) is 16.4 Å². The summed E-state index contributed by atoms with van der Waals surface area (Å²) in [4.78, 5) is 4.36. The Kier molecular flexibility index (Phi) is 4.04. The lowest BCUT2D eigenvalue weighted by Crippen LogP contribution is -2.32. The largest absolute Gasteiger partial charge is 0.382 e. The minimum Gasteiger partial charge on any atom is -0.382 e. The molecule has 0 radical (unpaired) electrons. The number of ether oxygens (including phenoxy) is 1. The third-order valence-corrected chi connectivity index (χ3v) is 3.52. The zero-order valence-electron chi connectivity index (χ0n) is 11.0. The number of hydrogen-bond acceptors (Lipinski definition) is 2. The van der Waals surface area contributed by atoms with Gasteiger partial charge in [0, 0.05) is 13.2 Å². The predicted octanol–water partition coefficient (Wildman–Crippen LogP) is 3.95. The number of rotatable bonds is 4. The van der Waals surface area contributed by atoms with Crippen LogP contribution in [-0.2, 0) is 16.2 Å². The van der Waals surface area contributed by atoms with Crippen molar-refractivity contribution in [1.82, 2.24) is 9.55 Å². The highest BCUT2D eigenvalue weighted by atomic mass is 35.5. The second-order valence-corrected chi connectivity index (χ2v) is 5.67. The summed E-state index contributed by atoms with van der Waals surface area (Å²) in [5, 5.41) is 0.0722. The molecule has 2 rings (SSSR count). The van der Waals surface area contributed by atoms with Crippen LogP contribution in [0.15, 0.2) is 12.1 Å². The maximum Gasteiger partial charge on any atom is 0.144 e. The van der Waals surface area contributed by atoms with Gasteiger partial charge >= 0.3 is 0 Å². The molecule has 0 bridgehead atoms. The normalized spacial score (nSPS) is 12.3. The summed E-state index contributed by atoms with van der Waals surface area (Å²) in [6, 6.07) is 2.90. The highest BCUT2D eigenvalue weighted by Gasteiger charge is 2.26. The molecule has 6 heteroatoms. The van der Waals surface area contributed by atoms with Crippen LogP contribution >= 0.6 is 23.2 Å². The summed E-state index contributed by atoms with van der Waals surface area (Å²) in [5.74, 6) is 0.422. The van der Waals surface area contributed by atoms with Gasteiger partial charge in [-0.1, -0.05) is 11.6 Å². The van der Waals surface area contributed by atoms with E-state index in [4.69, 9.17) is 27.9 Å². The number of fused-ring (bicyclic) bond motifs is 1. The zero-order valence-corrected chi connectivity index (χ0v) is 12.5. The van der Waals surface area contributed by atoms with Crippen LogP contribution < -0.4 is 0 Å². The maximum absolute atomic E-state index is 13.5. The Hall–Kier alpha value is -0.840. The fourth-order valence-corrected chi connectivity index (χ4v) is 2.64. The van der Waals surface area contributed by atoms with E-state index < -0.39 is 5.82 Å². The average molecular weight is 305 g/mol. The Labute approximate surface area is 121 Å². The quantitative estimate of drug-likeness (QED) is 0.800. The Balaban J connectivity index is 2.73. The van der Waals surface area contributed by atoms with Crippen molar-refractivity contribution in [3.05, 3.63) is 28.8 Å². The van der Waals surface area contributed by atoms with Gasteiger partial charge in [-0.2, -0.15) is 0 Å². The third-order valence-electron chi connectivity index (χ3n) is 2.99. The molecule has 1 aromatic carbocycles. The third kappa shape index (κ3) is 2.57. The lowest BCUT2D eigenvalue weighted by molar-refractivity contribution is 0.110. The van der Waals surface area contributed by atoms with Crippen LogP contribution in [0.5, 0.6) is 0 Å². The first-order chi connectivity index (χ1) is 8.90. The van der Waals surface area contributed by atoms with Crippen LogP contribution in [-0.4, -0.2) is 23.3 Å². The molecule has 0 N–H and O–H groups in total. The Morgan fingerprint density at radius 3 is 2.68 bits per heavy atom. The summed E-state index contributed by atoms with van der Waals surface area (Å²) in [7, 11) is 1.63. The van der Waals surface area contributed by atoms with Crippen molar-refractivity contribution in [2.24, 2.45) is 0 Å². The smallest absolute Gasteiger partial charge is 0.144 e. The molecule has 3 nitrogen and oxygen atoms in total. The highest BCUT2D eigenvalue weighted by Crippen LogP contribution is 2.30. The number of halogens is 3. The van der Waals surface area contributed by atoms with E-state index in [2.05, 4.69) is 4.98 Å². The van der Waals surface area contributed by atoms with Gasteiger partial charge in [0.1, 0.15) is 11.6 Å². The number of alkyl halides is 1. The monoisotopic (exact) mass is 304 g/mol. The fraction of sp³-hybridized carbons (Fsp3) is 0.462. The van der Waals surface area contributed by atoms with Crippen molar-refractivity contribution >= 4 is 34.2 Å². The van der Waals surface area contributed by atoms with Gasteiger partial charge in [0.25, 0.3) is 0 Å². The standard InChI is InChI=1S/C13H15Cl2FN2O/c1-13(2,7-19-3)18-11-4-8(15)9(16)5-10(11)17-12(18)6-14/h4-5H,6-7H2,1-3H3. The minimum atomic E-state index is -0.482. The minimum absolute atomic E-state index is 0.0722. The number of benzene rings is 1. The van der Waals surface area contributed by atoms with Gasteiger partial charge in [0.15, 0.2) is 0 Å². The Morgan fingerprint density at radius 2 is 2.11 bits per heavy atom. The van der Waals surface area contributed by atoms with E-state index in [0.29, 0.717) is 17.9 Å². The molecular weight excluding hydrogens is 290 g/mol. The molecule has 0 saturated heterocycles. The van der Waals surface area contributed by atoms with Crippen LogP contribution in [0.4, 0.5) is 4.39 Å². The zero-order chi connectivity index (χ0) is 14.2. The van der Waals surface area contributed by atoms with E-state index >= 15 is 0 Å². The number of hydrogen-bond donors (Lipinski definition) is 0. The summed E-state index contributed by atoms with van der Waals surface area (Å²) in [6.45, 7) is 4.49. The van der Waals surface area contributed by atoms with Crippen LogP contribution in [0.1, 0.15) is 19.7 Å². The molecule has 19 heavy (non-hydrogen) atoms. The van der Waals surface area contributed by atoms with Gasteiger partial charge in [-0.25, -0.2) is 9.37 Å². The van der Waals surface area contributed by atoms with Crippen LogP contribution in [0.2, 0.25) is 5.02 Å². The molecule has 0 aliphatic heterocycles. The van der Waals surface area contributed by atoms with Crippen molar-refractivity contribution in [1.29, 1.82) is 0 Å². The molecule has 0 aliphatic rings. The van der Waals surface area contributed by atoms with Gasteiger partial charge < -0.3 is 9.30 Å². The number of methoxy groups -OCH3 is 1. The van der Waals surface area contributed by atoms with Crippen molar-refractivity contribution in [3.63, 3.8) is 0 Å². The van der Waals surface area contributed by atoms with E-state index in [1.807, 2.05) is 18.4 Å². The SMILES string of the molecule is COCC(C)(C)n1c(CCl)nc2cc(F)c(Cl)cc21. The van der Waals surface area contributed by atoms with Crippen molar-refractivity contribution in [2.75, 3.05) is 13.7 Å². The van der Waals surface area contributed by atoms with Crippen molar-refractivity contribution in [3.8, 4) is 0 Å². The van der Waals surface area contributed by atoms with E-state index in [1.54, 1.807) is 13.2 Å². The Morgan fingerprint density at radius 1 is 1.42 bits per heavy atom. The molecule has 0 amide bonds. The van der Waals surface area contributed by atoms with Gasteiger partial charge in [0.05, 0.1) is 34.1 Å². The molecule has 0 spiro atoms. The maximum atomic E-state index is 13.5.